The summed E-state index contributed by atoms with van der Waals surface area (Å²) in [5.74, 6) is -1.07. The highest BCUT2D eigenvalue weighted by molar-refractivity contribution is 7.90. The number of nitrogens with zero attached hydrogens (tertiary/aromatic N) is 1. The van der Waals surface area contributed by atoms with Gasteiger partial charge in [0.1, 0.15) is 11.6 Å². The molecule has 0 unspecified atom stereocenters. The van der Waals surface area contributed by atoms with Gasteiger partial charge in [0.25, 0.3) is 0 Å². The summed E-state index contributed by atoms with van der Waals surface area (Å²) in [4.78, 5) is 12.7. The molecular formula is C29H30ClF4NO4S. The molecule has 0 heterocycles. The second-order valence-corrected chi connectivity index (χ2v) is 12.5. The number of alkyl halides is 3. The van der Waals surface area contributed by atoms with E-state index in [9.17, 15) is 30.8 Å². The summed E-state index contributed by atoms with van der Waals surface area (Å²) >= 11 is 6.18. The predicted octanol–water partition coefficient (Wildman–Crippen LogP) is 6.96. The van der Waals surface area contributed by atoms with Crippen LogP contribution in [-0.4, -0.2) is 45.6 Å². The first-order chi connectivity index (χ1) is 18.6. The molecule has 0 amide bonds. The van der Waals surface area contributed by atoms with Crippen LogP contribution >= 0.6 is 11.6 Å². The predicted molar refractivity (Wildman–Crippen MR) is 146 cm³/mol. The van der Waals surface area contributed by atoms with E-state index < -0.39 is 37.9 Å². The highest BCUT2D eigenvalue weighted by Gasteiger charge is 2.34. The Morgan fingerprint density at radius 3 is 2.30 bits per heavy atom. The lowest BCUT2D eigenvalue weighted by molar-refractivity contribution is -0.137. The smallest absolute Gasteiger partial charge is 0.417 e. The van der Waals surface area contributed by atoms with Crippen molar-refractivity contribution in [2.75, 3.05) is 26.0 Å². The Bertz CT molecular complexity index is 1440. The standard InChI is InChI=1S/C29H30ClF4NO4S/c1-28(2,21-10-5-4-6-11-21)19-35(17-20-9-7-12-24(27(20)30)29(32,33)34)13-8-14-39-22-15-25(31)23(18-36)26(16-22)40(3,37)38/h4-7,9-12,15-16,18H,8,13-14,17,19H2,1-3H3. The molecule has 0 aromatic heterocycles. The minimum absolute atomic E-state index is 0.0550. The van der Waals surface area contributed by atoms with Crippen molar-refractivity contribution >= 4 is 27.7 Å². The molecule has 216 valence electrons. The van der Waals surface area contributed by atoms with Crippen molar-refractivity contribution in [2.45, 2.75) is 43.3 Å². The minimum atomic E-state index is -4.59. The molecule has 3 aromatic rings. The van der Waals surface area contributed by atoms with Crippen molar-refractivity contribution < 1.29 is 35.5 Å². The van der Waals surface area contributed by atoms with Gasteiger partial charge < -0.3 is 4.74 Å². The molecular weight excluding hydrogens is 570 g/mol. The van der Waals surface area contributed by atoms with Crippen LogP contribution in [0.4, 0.5) is 17.6 Å². The summed E-state index contributed by atoms with van der Waals surface area (Å²) in [7, 11) is -3.89. The second-order valence-electron chi connectivity index (χ2n) is 10.1. The quantitative estimate of drug-likeness (QED) is 0.128. The number of carbonyl (C=O) groups excluding carboxylic acids is 1. The lowest BCUT2D eigenvalue weighted by Gasteiger charge is -2.33. The van der Waals surface area contributed by atoms with Crippen molar-refractivity contribution in [1.82, 2.24) is 4.90 Å². The van der Waals surface area contributed by atoms with E-state index in [0.29, 0.717) is 25.1 Å². The maximum atomic E-state index is 14.3. The summed E-state index contributed by atoms with van der Waals surface area (Å²) < 4.78 is 84.3. The van der Waals surface area contributed by atoms with E-state index in [0.717, 1.165) is 30.0 Å². The summed E-state index contributed by atoms with van der Waals surface area (Å²) in [6, 6.07) is 15.6. The summed E-state index contributed by atoms with van der Waals surface area (Å²) in [6.07, 6.45) is -3.20. The van der Waals surface area contributed by atoms with Crippen LogP contribution < -0.4 is 4.74 Å². The molecule has 40 heavy (non-hydrogen) atoms. The fraction of sp³-hybridized carbons (Fsp3) is 0.345. The highest BCUT2D eigenvalue weighted by atomic mass is 35.5. The molecule has 0 radical (unpaired) electrons. The van der Waals surface area contributed by atoms with E-state index in [2.05, 4.69) is 0 Å². The molecule has 0 atom stereocenters. The molecule has 0 saturated carbocycles. The van der Waals surface area contributed by atoms with Crippen LogP contribution in [0.25, 0.3) is 0 Å². The average molecular weight is 600 g/mol. The molecule has 0 N–H and O–H groups in total. The van der Waals surface area contributed by atoms with Gasteiger partial charge in [-0.05, 0) is 29.7 Å². The molecule has 0 spiro atoms. The van der Waals surface area contributed by atoms with Gasteiger partial charge in [0.2, 0.25) is 0 Å². The van der Waals surface area contributed by atoms with Crippen LogP contribution in [0.5, 0.6) is 5.75 Å². The van der Waals surface area contributed by atoms with Crippen molar-refractivity contribution in [3.8, 4) is 5.75 Å². The molecule has 0 fully saturated rings. The van der Waals surface area contributed by atoms with E-state index in [4.69, 9.17) is 16.3 Å². The van der Waals surface area contributed by atoms with E-state index in [1.807, 2.05) is 49.1 Å². The third kappa shape index (κ3) is 8.05. The normalized spacial score (nSPS) is 12.5. The van der Waals surface area contributed by atoms with Crippen molar-refractivity contribution in [2.24, 2.45) is 0 Å². The molecule has 0 aliphatic rings. The Morgan fingerprint density at radius 1 is 1.02 bits per heavy atom. The zero-order valence-electron chi connectivity index (χ0n) is 22.3. The van der Waals surface area contributed by atoms with Gasteiger partial charge >= 0.3 is 6.18 Å². The van der Waals surface area contributed by atoms with Gasteiger partial charge in [-0.1, -0.05) is 67.9 Å². The van der Waals surface area contributed by atoms with E-state index in [1.165, 1.54) is 6.07 Å². The van der Waals surface area contributed by atoms with E-state index in [1.54, 1.807) is 6.07 Å². The molecule has 0 saturated heterocycles. The van der Waals surface area contributed by atoms with Crippen LogP contribution in [0.2, 0.25) is 5.02 Å². The largest absolute Gasteiger partial charge is 0.493 e. The fourth-order valence-electron chi connectivity index (χ4n) is 4.47. The number of halogens is 5. The Hall–Kier alpha value is -2.95. The van der Waals surface area contributed by atoms with Gasteiger partial charge in [-0.3, -0.25) is 9.69 Å². The molecule has 0 aliphatic carbocycles. The van der Waals surface area contributed by atoms with E-state index in [-0.39, 0.29) is 35.6 Å². The van der Waals surface area contributed by atoms with Gasteiger partial charge in [0.05, 0.1) is 27.7 Å². The Balaban J connectivity index is 1.80. The average Bonchev–Trinajstić information content (AvgIpc) is 2.86. The van der Waals surface area contributed by atoms with Gasteiger partial charge in [-0.2, -0.15) is 13.2 Å². The van der Waals surface area contributed by atoms with Crippen LogP contribution in [0.1, 0.15) is 47.3 Å². The zero-order chi connectivity index (χ0) is 29.7. The third-order valence-electron chi connectivity index (χ3n) is 6.42. The first-order valence-corrected chi connectivity index (χ1v) is 14.6. The topological polar surface area (TPSA) is 63.7 Å². The van der Waals surface area contributed by atoms with Gasteiger partial charge in [0, 0.05) is 37.4 Å². The first kappa shape index (κ1) is 31.6. The summed E-state index contributed by atoms with van der Waals surface area (Å²) in [5.41, 5.74) is -0.466. The van der Waals surface area contributed by atoms with Crippen molar-refractivity contribution in [3.05, 3.63) is 93.8 Å². The van der Waals surface area contributed by atoms with E-state index >= 15 is 0 Å². The molecule has 3 rings (SSSR count). The van der Waals surface area contributed by atoms with Gasteiger partial charge in [0.15, 0.2) is 16.1 Å². The SMILES string of the molecule is CC(C)(CN(CCCOc1cc(F)c(C=O)c(S(C)(=O)=O)c1)Cc1cccc(C(F)(F)F)c1Cl)c1ccccc1. The molecule has 0 aliphatic heterocycles. The minimum Gasteiger partial charge on any atom is -0.493 e. The van der Waals surface area contributed by atoms with Crippen LogP contribution in [0.15, 0.2) is 65.6 Å². The second kappa shape index (κ2) is 12.7. The maximum absolute atomic E-state index is 14.3. The number of benzene rings is 3. The lowest BCUT2D eigenvalue weighted by Crippen LogP contribution is -2.37. The number of rotatable bonds is 12. The molecule has 3 aromatic carbocycles. The Morgan fingerprint density at radius 2 is 1.70 bits per heavy atom. The fourth-order valence-corrected chi connectivity index (χ4v) is 5.64. The third-order valence-corrected chi connectivity index (χ3v) is 8.01. The number of carbonyl (C=O) groups is 1. The van der Waals surface area contributed by atoms with Gasteiger partial charge in [-0.15, -0.1) is 0 Å². The zero-order valence-corrected chi connectivity index (χ0v) is 23.8. The molecule has 0 bridgehead atoms. The van der Waals surface area contributed by atoms with Crippen LogP contribution in [0, 0.1) is 5.82 Å². The number of sulfone groups is 1. The molecule has 11 heteroatoms. The number of ether oxygens (including phenoxy) is 1. The highest BCUT2D eigenvalue weighted by Crippen LogP contribution is 2.37. The van der Waals surface area contributed by atoms with Crippen molar-refractivity contribution in [3.63, 3.8) is 0 Å². The Labute approximate surface area is 236 Å². The number of aldehydes is 1. The lowest BCUT2D eigenvalue weighted by atomic mass is 9.84. The maximum Gasteiger partial charge on any atom is 0.417 e. The van der Waals surface area contributed by atoms with Crippen LogP contribution in [-0.2, 0) is 28.0 Å². The molecule has 5 nitrogen and oxygen atoms in total. The summed E-state index contributed by atoms with van der Waals surface area (Å²) in [6.45, 7) is 5.12. The first-order valence-electron chi connectivity index (χ1n) is 12.4. The summed E-state index contributed by atoms with van der Waals surface area (Å²) in [5, 5.41) is -0.354. The monoisotopic (exact) mass is 599 g/mol. The number of hydrogen-bond acceptors (Lipinski definition) is 5. The number of hydrogen-bond donors (Lipinski definition) is 0. The Kier molecular flexibility index (Phi) is 10.0. The van der Waals surface area contributed by atoms with Gasteiger partial charge in [-0.25, -0.2) is 12.8 Å². The van der Waals surface area contributed by atoms with Crippen LogP contribution in [0.3, 0.4) is 0 Å². The van der Waals surface area contributed by atoms with Crippen molar-refractivity contribution in [1.29, 1.82) is 0 Å².